The number of ether oxygens (including phenoxy) is 2. The molecule has 3 nitrogen and oxygen atoms in total. The van der Waals surface area contributed by atoms with E-state index in [0.29, 0.717) is 0 Å². The highest BCUT2D eigenvalue weighted by molar-refractivity contribution is 5.66. The second-order valence-corrected chi connectivity index (χ2v) is 2.01. The van der Waals surface area contributed by atoms with Crippen molar-refractivity contribution < 1.29 is 14.3 Å². The van der Waals surface area contributed by atoms with Crippen LogP contribution >= 0.6 is 0 Å². The summed E-state index contributed by atoms with van der Waals surface area (Å²) in [5, 5.41) is 0. The Hall–Kier alpha value is -1.25. The van der Waals surface area contributed by atoms with Crippen LogP contribution in [0.3, 0.4) is 0 Å². The van der Waals surface area contributed by atoms with Crippen molar-refractivity contribution in [1.29, 1.82) is 0 Å². The number of hydrogen-bond donors (Lipinski definition) is 0. The van der Waals surface area contributed by atoms with E-state index in [-0.39, 0.29) is 5.97 Å². The lowest BCUT2D eigenvalue weighted by atomic mass is 10.3. The normalized spacial score (nSPS) is 11.7. The van der Waals surface area contributed by atoms with Crippen molar-refractivity contribution in [3.8, 4) is 0 Å². The quantitative estimate of drug-likeness (QED) is 0.354. The molecule has 0 aliphatic rings. The van der Waals surface area contributed by atoms with Crippen LogP contribution in [0.4, 0.5) is 0 Å². The van der Waals surface area contributed by atoms with E-state index in [9.17, 15) is 4.79 Å². The third-order valence-electron chi connectivity index (χ3n) is 0.878. The third-order valence-corrected chi connectivity index (χ3v) is 0.878. The first kappa shape index (κ1) is 9.75. The van der Waals surface area contributed by atoms with Crippen LogP contribution in [0.25, 0.3) is 0 Å². The van der Waals surface area contributed by atoms with Gasteiger partial charge in [-0.25, -0.2) is 0 Å². The number of allylic oxidation sites excluding steroid dienone is 2. The van der Waals surface area contributed by atoms with Gasteiger partial charge < -0.3 is 9.47 Å². The second kappa shape index (κ2) is 5.53. The molecular weight excluding hydrogens is 144 g/mol. The highest BCUT2D eigenvalue weighted by Crippen LogP contribution is 1.95. The Bertz CT molecular complexity index is 180. The zero-order chi connectivity index (χ0) is 8.69. The standard InChI is InChI=1S/C8H12O3/c1-7(4-5-10-3)6-11-8(2)9/h4-6H,1-3H3/b5-4+,7-6-. The average molecular weight is 156 g/mol. The molecule has 0 aliphatic carbocycles. The van der Waals surface area contributed by atoms with Gasteiger partial charge >= 0.3 is 5.97 Å². The van der Waals surface area contributed by atoms with Crippen molar-refractivity contribution in [3.05, 3.63) is 24.2 Å². The molecule has 3 heteroatoms. The maximum atomic E-state index is 10.3. The Labute approximate surface area is 66.3 Å². The van der Waals surface area contributed by atoms with E-state index in [1.807, 2.05) is 0 Å². The molecule has 0 aromatic carbocycles. The molecule has 0 saturated heterocycles. The predicted octanol–water partition coefficient (Wildman–Crippen LogP) is 1.61. The number of carbonyl (C=O) groups excluding carboxylic acids is 1. The fraction of sp³-hybridized carbons (Fsp3) is 0.375. The zero-order valence-corrected chi connectivity index (χ0v) is 6.96. The van der Waals surface area contributed by atoms with E-state index < -0.39 is 0 Å². The predicted molar refractivity (Wildman–Crippen MR) is 41.7 cm³/mol. The average Bonchev–Trinajstić information content (AvgIpc) is 1.97. The van der Waals surface area contributed by atoms with E-state index in [1.54, 1.807) is 20.1 Å². The van der Waals surface area contributed by atoms with E-state index in [0.717, 1.165) is 5.57 Å². The molecular formula is C8H12O3. The first-order valence-electron chi connectivity index (χ1n) is 3.20. The van der Waals surface area contributed by atoms with Crippen molar-refractivity contribution in [2.75, 3.05) is 7.11 Å². The number of rotatable bonds is 3. The van der Waals surface area contributed by atoms with Gasteiger partial charge in [0.25, 0.3) is 0 Å². The van der Waals surface area contributed by atoms with Gasteiger partial charge in [0.05, 0.1) is 19.6 Å². The van der Waals surface area contributed by atoms with Gasteiger partial charge in [0, 0.05) is 6.92 Å². The summed E-state index contributed by atoms with van der Waals surface area (Å²) in [7, 11) is 1.55. The molecule has 0 heterocycles. The van der Waals surface area contributed by atoms with Gasteiger partial charge in [-0.05, 0) is 18.6 Å². The van der Waals surface area contributed by atoms with Gasteiger partial charge in [-0.3, -0.25) is 4.79 Å². The molecule has 0 amide bonds. The van der Waals surface area contributed by atoms with Crippen molar-refractivity contribution in [2.24, 2.45) is 0 Å². The fourth-order valence-electron chi connectivity index (χ4n) is 0.391. The van der Waals surface area contributed by atoms with Gasteiger partial charge in [0.1, 0.15) is 0 Å². The second-order valence-electron chi connectivity index (χ2n) is 2.01. The molecule has 0 radical (unpaired) electrons. The summed E-state index contributed by atoms with van der Waals surface area (Å²) in [5.41, 5.74) is 0.821. The van der Waals surface area contributed by atoms with Crippen LogP contribution in [0.15, 0.2) is 24.2 Å². The van der Waals surface area contributed by atoms with Crippen LogP contribution in [-0.4, -0.2) is 13.1 Å². The maximum absolute atomic E-state index is 10.3. The summed E-state index contributed by atoms with van der Waals surface area (Å²) in [5.74, 6) is -0.324. The van der Waals surface area contributed by atoms with E-state index >= 15 is 0 Å². The van der Waals surface area contributed by atoms with Gasteiger partial charge in [-0.1, -0.05) is 0 Å². The molecule has 62 valence electrons. The molecule has 0 fully saturated rings. The largest absolute Gasteiger partial charge is 0.504 e. The van der Waals surface area contributed by atoms with Crippen LogP contribution in [0.2, 0.25) is 0 Å². The number of methoxy groups -OCH3 is 1. The molecule has 0 bridgehead atoms. The van der Waals surface area contributed by atoms with Crippen LogP contribution < -0.4 is 0 Å². The summed E-state index contributed by atoms with van der Waals surface area (Å²) in [6, 6.07) is 0. The minimum Gasteiger partial charge on any atom is -0.504 e. The first-order valence-corrected chi connectivity index (χ1v) is 3.20. The van der Waals surface area contributed by atoms with Gasteiger partial charge in [-0.15, -0.1) is 0 Å². The number of hydrogen-bond acceptors (Lipinski definition) is 3. The van der Waals surface area contributed by atoms with E-state index in [1.165, 1.54) is 19.4 Å². The maximum Gasteiger partial charge on any atom is 0.307 e. The Morgan fingerprint density at radius 2 is 2.00 bits per heavy atom. The summed E-state index contributed by atoms with van der Waals surface area (Å²) in [6.07, 6.45) is 4.58. The first-order chi connectivity index (χ1) is 5.16. The topological polar surface area (TPSA) is 35.5 Å². The van der Waals surface area contributed by atoms with Crippen LogP contribution in [-0.2, 0) is 14.3 Å². The summed E-state index contributed by atoms with van der Waals surface area (Å²) in [4.78, 5) is 10.3. The Balaban J connectivity index is 3.81. The molecule has 0 N–H and O–H groups in total. The molecule has 0 aliphatic heterocycles. The third kappa shape index (κ3) is 6.64. The van der Waals surface area contributed by atoms with Crippen LogP contribution in [0, 0.1) is 0 Å². The summed E-state index contributed by atoms with van der Waals surface area (Å²) in [6.45, 7) is 3.16. The van der Waals surface area contributed by atoms with E-state index in [2.05, 4.69) is 9.47 Å². The van der Waals surface area contributed by atoms with E-state index in [4.69, 9.17) is 0 Å². The van der Waals surface area contributed by atoms with Gasteiger partial charge in [0.15, 0.2) is 0 Å². The Morgan fingerprint density at radius 3 is 2.45 bits per heavy atom. The Morgan fingerprint density at radius 1 is 1.36 bits per heavy atom. The smallest absolute Gasteiger partial charge is 0.307 e. The molecule has 0 spiro atoms. The minimum absolute atomic E-state index is 0.324. The Kier molecular flexibility index (Phi) is 4.90. The number of carbonyl (C=O) groups is 1. The SMILES string of the molecule is CO/C=C/C(C)=C\OC(C)=O. The molecule has 0 aromatic heterocycles. The van der Waals surface area contributed by atoms with Crippen LogP contribution in [0.1, 0.15) is 13.8 Å². The monoisotopic (exact) mass is 156 g/mol. The van der Waals surface area contributed by atoms with Crippen LogP contribution in [0.5, 0.6) is 0 Å². The zero-order valence-electron chi connectivity index (χ0n) is 6.96. The van der Waals surface area contributed by atoms with Crippen molar-refractivity contribution in [2.45, 2.75) is 13.8 Å². The lowest BCUT2D eigenvalue weighted by Crippen LogP contribution is -1.90. The molecule has 0 unspecified atom stereocenters. The van der Waals surface area contributed by atoms with Crippen molar-refractivity contribution in [1.82, 2.24) is 0 Å². The molecule has 0 atom stereocenters. The lowest BCUT2D eigenvalue weighted by Gasteiger charge is -1.93. The highest BCUT2D eigenvalue weighted by atomic mass is 16.5. The van der Waals surface area contributed by atoms with Crippen molar-refractivity contribution in [3.63, 3.8) is 0 Å². The van der Waals surface area contributed by atoms with Gasteiger partial charge in [-0.2, -0.15) is 0 Å². The highest BCUT2D eigenvalue weighted by Gasteiger charge is 1.86. The number of esters is 1. The molecule has 0 saturated carbocycles. The fourth-order valence-corrected chi connectivity index (χ4v) is 0.391. The van der Waals surface area contributed by atoms with Crippen molar-refractivity contribution >= 4 is 5.97 Å². The molecule has 0 aromatic rings. The minimum atomic E-state index is -0.324. The molecule has 0 rings (SSSR count). The molecule has 11 heavy (non-hydrogen) atoms. The van der Waals surface area contributed by atoms with Gasteiger partial charge in [0.2, 0.25) is 0 Å². The summed E-state index contributed by atoms with van der Waals surface area (Å²) < 4.78 is 9.25. The summed E-state index contributed by atoms with van der Waals surface area (Å²) >= 11 is 0. The lowest BCUT2D eigenvalue weighted by molar-refractivity contribution is -0.135.